The molecule has 5 aromatic rings. The zero-order chi connectivity index (χ0) is 29.3. The SMILES string of the molecule is COc1ccc(OC)c(-c2cc(C#Cc3ccccc3)c(-c3cc(OC)ccc3OC)cc2C#Cc2ccccc2)c1. The number of methoxy groups -OCH3 is 4. The first-order valence-electron chi connectivity index (χ1n) is 13.4. The molecule has 0 unspecified atom stereocenters. The van der Waals surface area contributed by atoms with Gasteiger partial charge in [-0.25, -0.2) is 0 Å². The van der Waals surface area contributed by atoms with Gasteiger partial charge in [0.1, 0.15) is 23.0 Å². The molecule has 0 radical (unpaired) electrons. The van der Waals surface area contributed by atoms with Gasteiger partial charge in [0.25, 0.3) is 0 Å². The molecule has 0 saturated heterocycles. The summed E-state index contributed by atoms with van der Waals surface area (Å²) >= 11 is 0. The predicted octanol–water partition coefficient (Wildman–Crippen LogP) is 7.85. The molecule has 0 aliphatic carbocycles. The molecule has 0 saturated carbocycles. The van der Waals surface area contributed by atoms with Crippen molar-refractivity contribution in [1.29, 1.82) is 0 Å². The van der Waals surface area contributed by atoms with E-state index < -0.39 is 0 Å². The Bertz CT molecular complexity index is 1680. The van der Waals surface area contributed by atoms with Gasteiger partial charge in [0, 0.05) is 44.5 Å². The molecule has 0 amide bonds. The maximum absolute atomic E-state index is 5.79. The van der Waals surface area contributed by atoms with Gasteiger partial charge in [-0.3, -0.25) is 0 Å². The first-order valence-corrected chi connectivity index (χ1v) is 13.4. The molecule has 206 valence electrons. The fraction of sp³-hybridized carbons (Fsp3) is 0.105. The molecular weight excluding hydrogens is 520 g/mol. The largest absolute Gasteiger partial charge is 0.497 e. The van der Waals surface area contributed by atoms with Crippen molar-refractivity contribution in [2.45, 2.75) is 0 Å². The molecule has 4 heteroatoms. The molecular formula is C38H30O4. The fourth-order valence-electron chi connectivity index (χ4n) is 4.62. The summed E-state index contributed by atoms with van der Waals surface area (Å²) in [6.07, 6.45) is 0. The average molecular weight is 551 g/mol. The molecule has 5 aromatic carbocycles. The number of benzene rings is 5. The first-order chi connectivity index (χ1) is 20.6. The molecule has 0 N–H and O–H groups in total. The van der Waals surface area contributed by atoms with E-state index in [0.717, 1.165) is 44.5 Å². The van der Waals surface area contributed by atoms with E-state index in [1.165, 1.54) is 0 Å². The zero-order valence-electron chi connectivity index (χ0n) is 24.0. The topological polar surface area (TPSA) is 36.9 Å². The van der Waals surface area contributed by atoms with Gasteiger partial charge >= 0.3 is 0 Å². The lowest BCUT2D eigenvalue weighted by atomic mass is 9.89. The van der Waals surface area contributed by atoms with Crippen molar-refractivity contribution in [3.05, 3.63) is 131 Å². The van der Waals surface area contributed by atoms with Crippen molar-refractivity contribution in [1.82, 2.24) is 0 Å². The third-order valence-electron chi connectivity index (χ3n) is 6.78. The third-order valence-corrected chi connectivity index (χ3v) is 6.78. The quantitative estimate of drug-likeness (QED) is 0.202. The second-order valence-corrected chi connectivity index (χ2v) is 9.31. The number of ether oxygens (including phenoxy) is 4. The van der Waals surface area contributed by atoms with Crippen LogP contribution in [-0.4, -0.2) is 28.4 Å². The molecule has 5 rings (SSSR count). The molecule has 0 atom stereocenters. The fourth-order valence-corrected chi connectivity index (χ4v) is 4.62. The Labute approximate surface area is 247 Å². The summed E-state index contributed by atoms with van der Waals surface area (Å²) in [6.45, 7) is 0. The van der Waals surface area contributed by atoms with E-state index in [9.17, 15) is 0 Å². The van der Waals surface area contributed by atoms with Crippen molar-refractivity contribution in [2.24, 2.45) is 0 Å². The summed E-state index contributed by atoms with van der Waals surface area (Å²) in [5, 5.41) is 0. The predicted molar refractivity (Wildman–Crippen MR) is 168 cm³/mol. The van der Waals surface area contributed by atoms with Crippen LogP contribution in [0, 0.1) is 23.7 Å². The lowest BCUT2D eigenvalue weighted by molar-refractivity contribution is 0.404. The molecule has 0 aliphatic rings. The highest BCUT2D eigenvalue weighted by atomic mass is 16.5. The van der Waals surface area contributed by atoms with Gasteiger partial charge in [0.2, 0.25) is 0 Å². The Kier molecular flexibility index (Phi) is 8.78. The summed E-state index contributed by atoms with van der Waals surface area (Å²) in [5.41, 5.74) is 6.87. The minimum absolute atomic E-state index is 0.701. The summed E-state index contributed by atoms with van der Waals surface area (Å²) in [5.74, 6) is 16.3. The molecule has 0 fully saturated rings. The summed E-state index contributed by atoms with van der Waals surface area (Å²) < 4.78 is 22.7. The molecule has 42 heavy (non-hydrogen) atoms. The Balaban J connectivity index is 1.85. The second kappa shape index (κ2) is 13.2. The van der Waals surface area contributed by atoms with Crippen LogP contribution >= 0.6 is 0 Å². The Morgan fingerprint density at radius 2 is 0.786 bits per heavy atom. The van der Waals surface area contributed by atoms with Crippen LogP contribution in [0.15, 0.2) is 109 Å². The van der Waals surface area contributed by atoms with Gasteiger partial charge in [-0.2, -0.15) is 0 Å². The average Bonchev–Trinajstić information content (AvgIpc) is 3.06. The molecule has 0 aliphatic heterocycles. The van der Waals surface area contributed by atoms with Crippen molar-refractivity contribution in [2.75, 3.05) is 28.4 Å². The van der Waals surface area contributed by atoms with Crippen LogP contribution in [-0.2, 0) is 0 Å². The molecule has 0 heterocycles. The minimum atomic E-state index is 0.701. The second-order valence-electron chi connectivity index (χ2n) is 9.31. The van der Waals surface area contributed by atoms with Crippen LogP contribution in [0.2, 0.25) is 0 Å². The van der Waals surface area contributed by atoms with Gasteiger partial charge in [-0.05, 0) is 72.8 Å². The van der Waals surface area contributed by atoms with Crippen LogP contribution < -0.4 is 18.9 Å². The van der Waals surface area contributed by atoms with Gasteiger partial charge in [-0.1, -0.05) is 60.1 Å². The number of hydrogen-bond donors (Lipinski definition) is 0. The van der Waals surface area contributed by atoms with E-state index in [1.54, 1.807) is 28.4 Å². The molecule has 0 aromatic heterocycles. The molecule has 4 nitrogen and oxygen atoms in total. The number of hydrogen-bond acceptors (Lipinski definition) is 4. The summed E-state index contributed by atoms with van der Waals surface area (Å²) in [6, 6.07) is 35.4. The van der Waals surface area contributed by atoms with Gasteiger partial charge in [0.05, 0.1) is 28.4 Å². The monoisotopic (exact) mass is 550 g/mol. The van der Waals surface area contributed by atoms with Crippen LogP contribution in [0.25, 0.3) is 22.3 Å². The van der Waals surface area contributed by atoms with E-state index in [2.05, 4.69) is 35.8 Å². The Hall–Kier alpha value is -5.58. The maximum Gasteiger partial charge on any atom is 0.126 e. The van der Waals surface area contributed by atoms with Crippen LogP contribution in [0.1, 0.15) is 22.3 Å². The lowest BCUT2D eigenvalue weighted by Gasteiger charge is -2.17. The van der Waals surface area contributed by atoms with Crippen molar-refractivity contribution in [3.63, 3.8) is 0 Å². The van der Waals surface area contributed by atoms with Crippen LogP contribution in [0.3, 0.4) is 0 Å². The van der Waals surface area contributed by atoms with Crippen molar-refractivity contribution < 1.29 is 18.9 Å². The van der Waals surface area contributed by atoms with Crippen LogP contribution in [0.5, 0.6) is 23.0 Å². The van der Waals surface area contributed by atoms with E-state index in [0.29, 0.717) is 23.0 Å². The third kappa shape index (κ3) is 6.25. The van der Waals surface area contributed by atoms with Crippen LogP contribution in [0.4, 0.5) is 0 Å². The lowest BCUT2D eigenvalue weighted by Crippen LogP contribution is -1.97. The Morgan fingerprint density at radius 1 is 0.381 bits per heavy atom. The highest BCUT2D eigenvalue weighted by Crippen LogP contribution is 2.41. The minimum Gasteiger partial charge on any atom is -0.497 e. The summed E-state index contributed by atoms with van der Waals surface area (Å²) in [4.78, 5) is 0. The van der Waals surface area contributed by atoms with Crippen molar-refractivity contribution >= 4 is 0 Å². The Morgan fingerprint density at radius 3 is 1.14 bits per heavy atom. The highest BCUT2D eigenvalue weighted by Gasteiger charge is 2.18. The number of rotatable bonds is 6. The van der Waals surface area contributed by atoms with E-state index in [-0.39, 0.29) is 0 Å². The van der Waals surface area contributed by atoms with Gasteiger partial charge in [0.15, 0.2) is 0 Å². The normalized spacial score (nSPS) is 10.0. The summed E-state index contributed by atoms with van der Waals surface area (Å²) in [7, 11) is 6.62. The van der Waals surface area contributed by atoms with Crippen molar-refractivity contribution in [3.8, 4) is 68.9 Å². The maximum atomic E-state index is 5.79. The smallest absolute Gasteiger partial charge is 0.126 e. The van der Waals surface area contributed by atoms with Gasteiger partial charge < -0.3 is 18.9 Å². The molecule has 0 bridgehead atoms. The standard InChI is InChI=1S/C38H30O4/c1-39-31-19-21-37(41-3)35(25-31)33-23-30(18-16-28-13-9-6-10-14-28)34(36-26-32(40-2)20-22-38(36)42-4)24-29(33)17-15-27-11-7-5-8-12-27/h5-14,19-26H,1-4H3. The van der Waals surface area contributed by atoms with Gasteiger partial charge in [-0.15, -0.1) is 0 Å². The molecule has 0 spiro atoms. The van der Waals surface area contributed by atoms with E-state index in [4.69, 9.17) is 18.9 Å². The highest BCUT2D eigenvalue weighted by molar-refractivity contribution is 5.86. The zero-order valence-corrected chi connectivity index (χ0v) is 24.0. The first kappa shape index (κ1) is 28.0. The van der Waals surface area contributed by atoms with E-state index in [1.807, 2.05) is 97.1 Å². The van der Waals surface area contributed by atoms with E-state index >= 15 is 0 Å².